The first kappa shape index (κ1) is 13.5. The van der Waals surface area contributed by atoms with Crippen molar-refractivity contribution in [3.05, 3.63) is 12.2 Å². The number of nitrogens with zero attached hydrogens (tertiary/aromatic N) is 4. The Hall–Kier alpha value is -1.47. The molecule has 3 rings (SSSR count). The van der Waals surface area contributed by atoms with Gasteiger partial charge in [-0.3, -0.25) is 15.0 Å². The van der Waals surface area contributed by atoms with Crippen molar-refractivity contribution in [1.82, 2.24) is 25.0 Å². The van der Waals surface area contributed by atoms with E-state index in [0.29, 0.717) is 12.5 Å². The van der Waals surface area contributed by atoms with E-state index in [-0.39, 0.29) is 0 Å². The van der Waals surface area contributed by atoms with Crippen molar-refractivity contribution in [2.75, 3.05) is 13.1 Å². The van der Waals surface area contributed by atoms with Crippen molar-refractivity contribution in [3.8, 4) is 0 Å². The number of carboxylic acid groups (broad SMARTS) is 1. The third-order valence-electron chi connectivity index (χ3n) is 4.22. The van der Waals surface area contributed by atoms with Crippen LogP contribution in [0.5, 0.6) is 0 Å². The summed E-state index contributed by atoms with van der Waals surface area (Å²) in [6, 6.07) is 0.389. The van der Waals surface area contributed by atoms with Gasteiger partial charge in [0.2, 0.25) is 0 Å². The normalized spacial score (nSPS) is 22.2. The number of carboxylic acids is 1. The van der Waals surface area contributed by atoms with E-state index in [1.165, 1.54) is 0 Å². The van der Waals surface area contributed by atoms with Crippen molar-refractivity contribution in [2.24, 2.45) is 0 Å². The summed E-state index contributed by atoms with van der Waals surface area (Å²) in [7, 11) is 0. The van der Waals surface area contributed by atoms with Gasteiger partial charge in [0.25, 0.3) is 0 Å². The third-order valence-corrected chi connectivity index (χ3v) is 4.22. The summed E-state index contributed by atoms with van der Waals surface area (Å²) in [5.41, 5.74) is -0.827. The van der Waals surface area contributed by atoms with Gasteiger partial charge >= 0.3 is 5.97 Å². The molecule has 0 amide bonds. The van der Waals surface area contributed by atoms with Gasteiger partial charge in [0.1, 0.15) is 17.7 Å². The molecule has 0 spiro atoms. The summed E-state index contributed by atoms with van der Waals surface area (Å²) in [5, 5.41) is 20.7. The molecule has 0 saturated heterocycles. The molecular formula is C13H21N5O2. The van der Waals surface area contributed by atoms with Crippen molar-refractivity contribution in [3.63, 3.8) is 0 Å². The van der Waals surface area contributed by atoms with Crippen LogP contribution in [0.1, 0.15) is 32.0 Å². The second-order valence-corrected chi connectivity index (χ2v) is 6.02. The fourth-order valence-corrected chi connectivity index (χ4v) is 2.61. The summed E-state index contributed by atoms with van der Waals surface area (Å²) in [6.45, 7) is 5.10. The Labute approximate surface area is 118 Å². The van der Waals surface area contributed by atoms with E-state index in [2.05, 4.69) is 25.0 Å². The Morgan fingerprint density at radius 2 is 2.35 bits per heavy atom. The number of hydrogen-bond donors (Lipinski definition) is 2. The molecule has 0 radical (unpaired) electrons. The molecule has 1 aliphatic carbocycles. The van der Waals surface area contributed by atoms with E-state index in [9.17, 15) is 9.90 Å². The van der Waals surface area contributed by atoms with Crippen LogP contribution in [0.25, 0.3) is 0 Å². The maximum Gasteiger partial charge on any atom is 0.323 e. The summed E-state index contributed by atoms with van der Waals surface area (Å²) >= 11 is 0. The molecule has 2 aliphatic rings. The summed E-state index contributed by atoms with van der Waals surface area (Å²) < 4.78 is 2.05. The van der Waals surface area contributed by atoms with Gasteiger partial charge in [-0.05, 0) is 26.2 Å². The topological polar surface area (TPSA) is 83.3 Å². The molecule has 0 bridgehead atoms. The monoisotopic (exact) mass is 279 g/mol. The summed E-state index contributed by atoms with van der Waals surface area (Å²) in [5.74, 6) is 0.202. The zero-order valence-electron chi connectivity index (χ0n) is 11.7. The molecule has 2 N–H and O–H groups in total. The van der Waals surface area contributed by atoms with Crippen LogP contribution in [-0.4, -0.2) is 55.4 Å². The van der Waals surface area contributed by atoms with Crippen LogP contribution in [-0.2, 0) is 17.9 Å². The van der Waals surface area contributed by atoms with Crippen LogP contribution in [0.3, 0.4) is 0 Å². The molecule has 1 unspecified atom stereocenters. The molecule has 1 fully saturated rings. The molecule has 1 atom stereocenters. The minimum Gasteiger partial charge on any atom is -0.480 e. The number of aliphatic carboxylic acids is 1. The molecular weight excluding hydrogens is 258 g/mol. The Bertz CT molecular complexity index is 499. The average molecular weight is 279 g/mol. The maximum absolute atomic E-state index is 11.5. The molecule has 1 aromatic rings. The zero-order valence-corrected chi connectivity index (χ0v) is 11.7. The minimum absolute atomic E-state index is 0.389. The molecule has 7 heteroatoms. The Morgan fingerprint density at radius 3 is 3.05 bits per heavy atom. The smallest absolute Gasteiger partial charge is 0.323 e. The van der Waals surface area contributed by atoms with Crippen molar-refractivity contribution >= 4 is 5.97 Å². The van der Waals surface area contributed by atoms with Gasteiger partial charge in [-0.15, -0.1) is 10.2 Å². The number of carbonyl (C=O) groups is 1. The second-order valence-electron chi connectivity index (χ2n) is 6.02. The van der Waals surface area contributed by atoms with Crippen molar-refractivity contribution in [2.45, 2.75) is 50.9 Å². The average Bonchev–Trinajstić information content (AvgIpc) is 3.10. The highest BCUT2D eigenvalue weighted by Crippen LogP contribution is 2.24. The summed E-state index contributed by atoms with van der Waals surface area (Å²) in [4.78, 5) is 13.8. The Morgan fingerprint density at radius 1 is 1.55 bits per heavy atom. The molecule has 20 heavy (non-hydrogen) atoms. The molecule has 110 valence electrons. The van der Waals surface area contributed by atoms with Gasteiger partial charge in [-0.2, -0.15) is 0 Å². The quantitative estimate of drug-likeness (QED) is 0.767. The molecule has 2 heterocycles. The van der Waals surface area contributed by atoms with Crippen LogP contribution in [0.2, 0.25) is 0 Å². The zero-order chi connectivity index (χ0) is 14.2. The van der Waals surface area contributed by atoms with Crippen LogP contribution in [0.15, 0.2) is 6.33 Å². The van der Waals surface area contributed by atoms with E-state index in [1.54, 1.807) is 13.3 Å². The van der Waals surface area contributed by atoms with Gasteiger partial charge in [0.15, 0.2) is 0 Å². The highest BCUT2D eigenvalue weighted by molar-refractivity contribution is 5.78. The van der Waals surface area contributed by atoms with E-state index in [4.69, 9.17) is 0 Å². The Kier molecular flexibility index (Phi) is 3.47. The van der Waals surface area contributed by atoms with E-state index >= 15 is 0 Å². The van der Waals surface area contributed by atoms with Gasteiger partial charge in [-0.25, -0.2) is 0 Å². The number of fused-ring (bicyclic) bond motifs is 1. The lowest BCUT2D eigenvalue weighted by molar-refractivity contribution is -0.144. The predicted octanol–water partition coefficient (Wildman–Crippen LogP) is 0.0791. The van der Waals surface area contributed by atoms with Crippen LogP contribution < -0.4 is 5.32 Å². The molecule has 1 aliphatic heterocycles. The number of nitrogens with one attached hydrogen (secondary N) is 1. The van der Waals surface area contributed by atoms with Crippen LogP contribution in [0.4, 0.5) is 0 Å². The second kappa shape index (κ2) is 5.14. The van der Waals surface area contributed by atoms with Gasteiger partial charge < -0.3 is 9.67 Å². The number of hydrogen-bond acceptors (Lipinski definition) is 5. The fraction of sp³-hybridized carbons (Fsp3) is 0.769. The lowest BCUT2D eigenvalue weighted by Crippen LogP contribution is -2.52. The highest BCUT2D eigenvalue weighted by atomic mass is 16.4. The molecule has 1 aromatic heterocycles. The van der Waals surface area contributed by atoms with Crippen LogP contribution >= 0.6 is 0 Å². The number of rotatable bonds is 6. The van der Waals surface area contributed by atoms with E-state index in [1.807, 2.05) is 0 Å². The first-order valence-electron chi connectivity index (χ1n) is 7.17. The van der Waals surface area contributed by atoms with Gasteiger partial charge in [0.05, 0.1) is 6.54 Å². The number of aromatic nitrogens is 3. The molecule has 1 saturated carbocycles. The fourth-order valence-electron chi connectivity index (χ4n) is 2.61. The first-order chi connectivity index (χ1) is 9.57. The van der Waals surface area contributed by atoms with E-state index in [0.717, 1.165) is 44.8 Å². The Balaban J connectivity index is 1.56. The highest BCUT2D eigenvalue weighted by Gasteiger charge is 2.38. The standard InChI is InChI=1S/C13H21N5O2/c1-13(12(19)20,15-10-2-3-10)4-5-17-6-7-18-9-14-16-11(18)8-17/h9-10,15H,2-8H2,1H3,(H,19,20). The summed E-state index contributed by atoms with van der Waals surface area (Å²) in [6.07, 6.45) is 4.54. The lowest BCUT2D eigenvalue weighted by Gasteiger charge is -2.32. The van der Waals surface area contributed by atoms with Gasteiger partial charge in [-0.1, -0.05) is 0 Å². The first-order valence-corrected chi connectivity index (χ1v) is 7.17. The van der Waals surface area contributed by atoms with Gasteiger partial charge in [0, 0.05) is 25.7 Å². The molecule has 7 nitrogen and oxygen atoms in total. The molecule has 0 aromatic carbocycles. The SMILES string of the molecule is CC(CCN1CCn2cnnc2C1)(NC1CC1)C(=O)O. The maximum atomic E-state index is 11.5. The van der Waals surface area contributed by atoms with Crippen molar-refractivity contribution < 1.29 is 9.90 Å². The largest absolute Gasteiger partial charge is 0.480 e. The van der Waals surface area contributed by atoms with E-state index < -0.39 is 11.5 Å². The lowest BCUT2D eigenvalue weighted by atomic mass is 9.97. The van der Waals surface area contributed by atoms with Crippen molar-refractivity contribution in [1.29, 1.82) is 0 Å². The third kappa shape index (κ3) is 2.83. The predicted molar refractivity (Wildman–Crippen MR) is 72.1 cm³/mol. The van der Waals surface area contributed by atoms with Crippen LogP contribution in [0, 0.1) is 0 Å². The minimum atomic E-state index is -0.827.